The number of rotatable bonds is 5. The van der Waals surface area contributed by atoms with Crippen LogP contribution in [0.15, 0.2) is 66.1 Å². The molecule has 29 heavy (non-hydrogen) atoms. The Kier molecular flexibility index (Phi) is 4.74. The van der Waals surface area contributed by atoms with Crippen molar-refractivity contribution in [3.8, 4) is 0 Å². The number of para-hydroxylation sites is 1. The van der Waals surface area contributed by atoms with Crippen LogP contribution in [0.2, 0.25) is 0 Å². The fourth-order valence-corrected chi connectivity index (χ4v) is 4.12. The van der Waals surface area contributed by atoms with Crippen molar-refractivity contribution in [3.05, 3.63) is 77.2 Å². The Morgan fingerprint density at radius 2 is 1.76 bits per heavy atom. The fourth-order valence-electron chi connectivity index (χ4n) is 4.12. The molecule has 1 atom stereocenters. The van der Waals surface area contributed by atoms with Gasteiger partial charge in [-0.05, 0) is 30.2 Å². The summed E-state index contributed by atoms with van der Waals surface area (Å²) in [7, 11) is 1.94. The number of carbonyl (C=O) groups is 2. The number of hydrogen-bond acceptors (Lipinski definition) is 3. The Labute approximate surface area is 169 Å². The lowest BCUT2D eigenvalue weighted by molar-refractivity contribution is -0.118. The van der Waals surface area contributed by atoms with E-state index in [2.05, 4.69) is 6.92 Å². The number of aryl methyl sites for hydroxylation is 2. The van der Waals surface area contributed by atoms with Crippen LogP contribution in [-0.4, -0.2) is 21.4 Å². The SMILES string of the molecule is CCC(=O)C1=C(O)C(=O)N(c2ccc(CC)cc2)C1c1cn(C)c2ccccc12. The maximum Gasteiger partial charge on any atom is 0.294 e. The zero-order valence-corrected chi connectivity index (χ0v) is 16.8. The normalized spacial score (nSPS) is 16.9. The second-order valence-corrected chi connectivity index (χ2v) is 7.35. The van der Waals surface area contributed by atoms with E-state index in [1.807, 2.05) is 66.3 Å². The number of aromatic nitrogens is 1. The van der Waals surface area contributed by atoms with Crippen LogP contribution in [0.1, 0.15) is 37.4 Å². The number of Topliss-reactive ketones (excluding diaryl/α,β-unsaturated/α-hetero) is 1. The number of benzene rings is 2. The molecule has 0 radical (unpaired) electrons. The number of carbonyl (C=O) groups excluding carboxylic acids is 2. The van der Waals surface area contributed by atoms with Crippen LogP contribution in [0, 0.1) is 0 Å². The second-order valence-electron chi connectivity index (χ2n) is 7.35. The molecule has 1 unspecified atom stereocenters. The predicted molar refractivity (Wildman–Crippen MR) is 114 cm³/mol. The van der Waals surface area contributed by atoms with Crippen LogP contribution in [0.25, 0.3) is 10.9 Å². The van der Waals surface area contributed by atoms with Crippen molar-refractivity contribution in [1.82, 2.24) is 4.57 Å². The molecule has 0 fully saturated rings. The third-order valence-corrected chi connectivity index (χ3v) is 5.67. The van der Waals surface area contributed by atoms with Gasteiger partial charge in [-0.1, -0.05) is 44.2 Å². The highest BCUT2D eigenvalue weighted by Gasteiger charge is 2.44. The summed E-state index contributed by atoms with van der Waals surface area (Å²) in [6.45, 7) is 3.81. The second kappa shape index (κ2) is 7.24. The summed E-state index contributed by atoms with van der Waals surface area (Å²) in [5.41, 5.74) is 3.83. The van der Waals surface area contributed by atoms with Gasteiger partial charge in [0.05, 0.1) is 11.6 Å². The van der Waals surface area contributed by atoms with Crippen molar-refractivity contribution >= 4 is 28.3 Å². The van der Waals surface area contributed by atoms with Crippen LogP contribution in [-0.2, 0) is 23.1 Å². The van der Waals surface area contributed by atoms with E-state index in [4.69, 9.17) is 0 Å². The molecule has 0 spiro atoms. The first kappa shape index (κ1) is 19.0. The minimum atomic E-state index is -0.659. The average molecular weight is 388 g/mol. The van der Waals surface area contributed by atoms with Crippen molar-refractivity contribution < 1.29 is 14.7 Å². The standard InChI is InChI=1S/C24H24N2O3/c1-4-15-10-12-16(13-11-15)26-22(21(20(27)5-2)23(28)24(26)29)18-14-25(3)19-9-7-6-8-17(18)19/h6-14,22,28H,4-5H2,1-3H3. The minimum absolute atomic E-state index is 0.174. The zero-order valence-electron chi connectivity index (χ0n) is 16.8. The number of hydrogen-bond donors (Lipinski definition) is 1. The molecule has 0 bridgehead atoms. The Bertz CT molecular complexity index is 1140. The molecule has 0 aliphatic carbocycles. The lowest BCUT2D eigenvalue weighted by Crippen LogP contribution is -2.30. The highest BCUT2D eigenvalue weighted by molar-refractivity contribution is 6.17. The van der Waals surface area contributed by atoms with E-state index in [-0.39, 0.29) is 17.8 Å². The Morgan fingerprint density at radius 3 is 2.41 bits per heavy atom. The number of aliphatic hydroxyl groups excluding tert-OH is 1. The van der Waals surface area contributed by atoms with Gasteiger partial charge in [0, 0.05) is 41.8 Å². The molecule has 2 aromatic carbocycles. The summed E-state index contributed by atoms with van der Waals surface area (Å²) in [6, 6.07) is 14.9. The van der Waals surface area contributed by atoms with Crippen molar-refractivity contribution in [2.24, 2.45) is 7.05 Å². The topological polar surface area (TPSA) is 62.5 Å². The zero-order chi connectivity index (χ0) is 20.7. The van der Waals surface area contributed by atoms with Gasteiger partial charge in [-0.25, -0.2) is 0 Å². The number of fused-ring (bicyclic) bond motifs is 1. The molecule has 1 aliphatic heterocycles. The summed E-state index contributed by atoms with van der Waals surface area (Å²) in [4.78, 5) is 27.4. The van der Waals surface area contributed by atoms with Crippen molar-refractivity contribution in [3.63, 3.8) is 0 Å². The van der Waals surface area contributed by atoms with E-state index >= 15 is 0 Å². The monoisotopic (exact) mass is 388 g/mol. The van der Waals surface area contributed by atoms with E-state index in [1.54, 1.807) is 11.8 Å². The fraction of sp³-hybridized carbons (Fsp3) is 0.250. The number of aliphatic hydroxyl groups is 1. The summed E-state index contributed by atoms with van der Waals surface area (Å²) >= 11 is 0. The summed E-state index contributed by atoms with van der Waals surface area (Å²) in [6.07, 6.45) is 3.05. The lowest BCUT2D eigenvalue weighted by atomic mass is 9.94. The molecule has 1 aromatic heterocycles. The number of ketones is 1. The first-order valence-corrected chi connectivity index (χ1v) is 9.90. The molecule has 0 saturated heterocycles. The minimum Gasteiger partial charge on any atom is -0.503 e. The van der Waals surface area contributed by atoms with Crippen molar-refractivity contribution in [2.45, 2.75) is 32.7 Å². The van der Waals surface area contributed by atoms with Crippen molar-refractivity contribution in [1.29, 1.82) is 0 Å². The van der Waals surface area contributed by atoms with E-state index in [0.29, 0.717) is 5.69 Å². The molecule has 1 aliphatic rings. The molecule has 2 heterocycles. The molecular weight excluding hydrogens is 364 g/mol. The highest BCUT2D eigenvalue weighted by Crippen LogP contribution is 2.43. The van der Waals surface area contributed by atoms with Gasteiger partial charge in [0.1, 0.15) is 0 Å². The van der Waals surface area contributed by atoms with Gasteiger partial charge in [0.2, 0.25) is 0 Å². The smallest absolute Gasteiger partial charge is 0.294 e. The largest absolute Gasteiger partial charge is 0.503 e. The van der Waals surface area contributed by atoms with Crippen molar-refractivity contribution in [2.75, 3.05) is 4.90 Å². The van der Waals surface area contributed by atoms with E-state index < -0.39 is 17.7 Å². The first-order valence-electron chi connectivity index (χ1n) is 9.90. The Hall–Kier alpha value is -3.34. The van der Waals surface area contributed by atoms with Gasteiger partial charge in [-0.3, -0.25) is 14.5 Å². The predicted octanol–water partition coefficient (Wildman–Crippen LogP) is 4.62. The quantitative estimate of drug-likeness (QED) is 0.694. The van der Waals surface area contributed by atoms with Crippen LogP contribution in [0.3, 0.4) is 0 Å². The maximum absolute atomic E-state index is 13.1. The molecule has 0 saturated carbocycles. The van der Waals surface area contributed by atoms with E-state index in [0.717, 1.165) is 28.5 Å². The molecule has 4 rings (SSSR count). The van der Waals surface area contributed by atoms with Gasteiger partial charge in [0.15, 0.2) is 11.5 Å². The van der Waals surface area contributed by atoms with E-state index in [1.165, 1.54) is 0 Å². The molecular formula is C24H24N2O3. The number of nitrogens with zero attached hydrogens (tertiary/aromatic N) is 2. The van der Waals surface area contributed by atoms with Crippen LogP contribution in [0.5, 0.6) is 0 Å². The Balaban J connectivity index is 1.95. The van der Waals surface area contributed by atoms with Gasteiger partial charge in [0.25, 0.3) is 5.91 Å². The highest BCUT2D eigenvalue weighted by atomic mass is 16.3. The molecule has 1 amide bonds. The summed E-state index contributed by atoms with van der Waals surface area (Å²) in [5.74, 6) is -1.21. The third-order valence-electron chi connectivity index (χ3n) is 5.67. The van der Waals surface area contributed by atoms with Gasteiger partial charge in [-0.2, -0.15) is 0 Å². The van der Waals surface area contributed by atoms with E-state index in [9.17, 15) is 14.7 Å². The molecule has 5 nitrogen and oxygen atoms in total. The number of amides is 1. The van der Waals surface area contributed by atoms with Gasteiger partial charge >= 0.3 is 0 Å². The van der Waals surface area contributed by atoms with Crippen LogP contribution >= 0.6 is 0 Å². The van der Waals surface area contributed by atoms with Gasteiger partial charge in [-0.15, -0.1) is 0 Å². The van der Waals surface area contributed by atoms with Crippen LogP contribution < -0.4 is 4.90 Å². The van der Waals surface area contributed by atoms with Gasteiger partial charge < -0.3 is 9.67 Å². The average Bonchev–Trinajstić information content (AvgIpc) is 3.22. The lowest BCUT2D eigenvalue weighted by Gasteiger charge is -2.26. The summed E-state index contributed by atoms with van der Waals surface area (Å²) < 4.78 is 1.98. The maximum atomic E-state index is 13.1. The molecule has 1 N–H and O–H groups in total. The van der Waals surface area contributed by atoms with Crippen LogP contribution in [0.4, 0.5) is 5.69 Å². The molecule has 5 heteroatoms. The Morgan fingerprint density at radius 1 is 1.07 bits per heavy atom. The summed E-state index contributed by atoms with van der Waals surface area (Å²) in [5, 5.41) is 11.6. The third kappa shape index (κ3) is 2.94. The molecule has 3 aromatic rings. The number of anilines is 1. The first-order chi connectivity index (χ1) is 14.0. The molecule has 148 valence electrons.